The molecule has 17 heavy (non-hydrogen) atoms. The molecule has 1 heterocycles. The van der Waals surface area contributed by atoms with Crippen LogP contribution in [-0.4, -0.2) is 9.78 Å². The summed E-state index contributed by atoms with van der Waals surface area (Å²) in [5, 5.41) is 3.81. The molecule has 0 aliphatic heterocycles. The highest BCUT2D eigenvalue weighted by molar-refractivity contribution is 5.30. The summed E-state index contributed by atoms with van der Waals surface area (Å²) in [5.41, 5.74) is -0.976. The largest absolute Gasteiger partial charge is 0.416 e. The van der Waals surface area contributed by atoms with E-state index in [1.165, 1.54) is 10.9 Å². The van der Waals surface area contributed by atoms with Crippen LogP contribution in [0.4, 0.5) is 17.6 Å². The summed E-state index contributed by atoms with van der Waals surface area (Å²) in [6.07, 6.45) is -1.55. The van der Waals surface area contributed by atoms with E-state index < -0.39 is 17.6 Å². The van der Waals surface area contributed by atoms with Crippen molar-refractivity contribution in [3.63, 3.8) is 0 Å². The van der Waals surface area contributed by atoms with Crippen LogP contribution in [0.5, 0.6) is 0 Å². The van der Waals surface area contributed by atoms with E-state index >= 15 is 0 Å². The Balaban J connectivity index is 2.40. The maximum Gasteiger partial charge on any atom is 0.416 e. The van der Waals surface area contributed by atoms with Crippen molar-refractivity contribution in [3.8, 4) is 0 Å². The Bertz CT molecular complexity index is 503. The zero-order valence-corrected chi connectivity index (χ0v) is 8.58. The van der Waals surface area contributed by atoms with Gasteiger partial charge in [0.1, 0.15) is 5.82 Å². The zero-order valence-electron chi connectivity index (χ0n) is 8.58. The minimum absolute atomic E-state index is 0.0115. The highest BCUT2D eigenvalue weighted by atomic mass is 19.4. The van der Waals surface area contributed by atoms with Crippen LogP contribution >= 0.6 is 0 Å². The smallest absolute Gasteiger partial charge is 0.268 e. The molecule has 2 rings (SSSR count). The van der Waals surface area contributed by atoms with Crippen molar-refractivity contribution in [2.75, 3.05) is 0 Å². The van der Waals surface area contributed by atoms with Gasteiger partial charge in [-0.2, -0.15) is 18.3 Å². The summed E-state index contributed by atoms with van der Waals surface area (Å²) in [5.74, 6) is -0.901. The molecule has 2 aromatic rings. The fraction of sp³-hybridized carbons (Fsp3) is 0.182. The van der Waals surface area contributed by atoms with E-state index in [1.54, 1.807) is 12.3 Å². The van der Waals surface area contributed by atoms with E-state index in [9.17, 15) is 17.6 Å². The van der Waals surface area contributed by atoms with Gasteiger partial charge in [0.25, 0.3) is 0 Å². The molecule has 1 aromatic carbocycles. The second-order valence-corrected chi connectivity index (χ2v) is 3.50. The molecule has 2 nitrogen and oxygen atoms in total. The third kappa shape index (κ3) is 2.64. The van der Waals surface area contributed by atoms with Crippen LogP contribution in [0.3, 0.4) is 0 Å². The molecule has 0 spiro atoms. The summed E-state index contributed by atoms with van der Waals surface area (Å²) in [6.45, 7) is -0.0396. The quantitative estimate of drug-likeness (QED) is 0.742. The molecule has 0 aliphatic rings. The minimum atomic E-state index is -4.56. The van der Waals surface area contributed by atoms with Crippen LogP contribution in [0.25, 0.3) is 0 Å². The van der Waals surface area contributed by atoms with E-state index in [0.29, 0.717) is 6.07 Å². The Labute approximate surface area is 94.5 Å². The van der Waals surface area contributed by atoms with Gasteiger partial charge < -0.3 is 0 Å². The first kappa shape index (κ1) is 11.6. The van der Waals surface area contributed by atoms with Crippen molar-refractivity contribution in [2.45, 2.75) is 12.7 Å². The number of aromatic nitrogens is 2. The number of halogens is 4. The molecule has 0 fully saturated rings. The van der Waals surface area contributed by atoms with Crippen molar-refractivity contribution >= 4 is 0 Å². The normalized spacial score (nSPS) is 11.8. The molecule has 0 aliphatic carbocycles. The van der Waals surface area contributed by atoms with Crippen LogP contribution in [0.15, 0.2) is 36.7 Å². The van der Waals surface area contributed by atoms with Crippen molar-refractivity contribution in [1.29, 1.82) is 0 Å². The molecule has 0 N–H and O–H groups in total. The molecular formula is C11H8F4N2. The van der Waals surface area contributed by atoms with Crippen LogP contribution in [0, 0.1) is 5.82 Å². The first-order valence-electron chi connectivity index (χ1n) is 4.80. The molecule has 0 saturated heterocycles. The standard InChI is InChI=1S/C11H8F4N2/c12-9-3-2-8(7-17-5-1-4-16-17)10(6-9)11(13,14)15/h1-6H,7H2. The van der Waals surface area contributed by atoms with E-state index in [-0.39, 0.29) is 12.1 Å². The highest BCUT2D eigenvalue weighted by Crippen LogP contribution is 2.32. The third-order valence-electron chi connectivity index (χ3n) is 2.27. The third-order valence-corrected chi connectivity index (χ3v) is 2.27. The Hall–Kier alpha value is -1.85. The average molecular weight is 244 g/mol. The Kier molecular flexibility index (Phi) is 2.87. The fourth-order valence-corrected chi connectivity index (χ4v) is 1.52. The summed E-state index contributed by atoms with van der Waals surface area (Å²) >= 11 is 0. The molecule has 0 bridgehead atoms. The number of hydrogen-bond acceptors (Lipinski definition) is 1. The maximum atomic E-state index is 12.8. The molecule has 0 unspecified atom stereocenters. The van der Waals surface area contributed by atoms with Gasteiger partial charge in [0.2, 0.25) is 0 Å². The Morgan fingerprint density at radius 1 is 1.24 bits per heavy atom. The molecule has 6 heteroatoms. The maximum absolute atomic E-state index is 12.8. The lowest BCUT2D eigenvalue weighted by molar-refractivity contribution is -0.138. The number of nitrogens with zero attached hydrogens (tertiary/aromatic N) is 2. The van der Waals surface area contributed by atoms with Gasteiger partial charge in [-0.1, -0.05) is 6.07 Å². The molecule has 0 amide bonds. The number of alkyl halides is 3. The second kappa shape index (κ2) is 4.20. The first-order valence-corrected chi connectivity index (χ1v) is 4.80. The second-order valence-electron chi connectivity index (χ2n) is 3.50. The van der Waals surface area contributed by atoms with Crippen LogP contribution < -0.4 is 0 Å². The van der Waals surface area contributed by atoms with Gasteiger partial charge in [-0.05, 0) is 23.8 Å². The summed E-state index contributed by atoms with van der Waals surface area (Å²) in [7, 11) is 0. The monoisotopic (exact) mass is 244 g/mol. The van der Waals surface area contributed by atoms with Gasteiger partial charge in [0.05, 0.1) is 12.1 Å². The van der Waals surface area contributed by atoms with Crippen LogP contribution in [0.1, 0.15) is 11.1 Å². The van der Waals surface area contributed by atoms with Gasteiger partial charge in [0, 0.05) is 12.4 Å². The number of rotatable bonds is 2. The number of hydrogen-bond donors (Lipinski definition) is 0. The molecular weight excluding hydrogens is 236 g/mol. The van der Waals surface area contributed by atoms with Crippen LogP contribution in [-0.2, 0) is 12.7 Å². The van der Waals surface area contributed by atoms with E-state index in [4.69, 9.17) is 0 Å². The van der Waals surface area contributed by atoms with Gasteiger partial charge >= 0.3 is 6.18 Å². The van der Waals surface area contributed by atoms with Gasteiger partial charge in [-0.3, -0.25) is 4.68 Å². The lowest BCUT2D eigenvalue weighted by Gasteiger charge is -2.12. The Morgan fingerprint density at radius 3 is 2.59 bits per heavy atom. The summed E-state index contributed by atoms with van der Waals surface area (Å²) in [4.78, 5) is 0. The molecule has 0 atom stereocenters. The lowest BCUT2D eigenvalue weighted by Crippen LogP contribution is -2.12. The predicted molar refractivity (Wildman–Crippen MR) is 52.7 cm³/mol. The molecule has 1 aromatic heterocycles. The summed E-state index contributed by atoms with van der Waals surface area (Å²) in [6, 6.07) is 4.24. The predicted octanol–water partition coefficient (Wildman–Crippen LogP) is 3.09. The van der Waals surface area contributed by atoms with Crippen molar-refractivity contribution < 1.29 is 17.6 Å². The van der Waals surface area contributed by atoms with Crippen molar-refractivity contribution in [2.24, 2.45) is 0 Å². The molecule has 0 radical (unpaired) electrons. The van der Waals surface area contributed by atoms with E-state index in [2.05, 4.69) is 5.10 Å². The van der Waals surface area contributed by atoms with Gasteiger partial charge in [0.15, 0.2) is 0 Å². The van der Waals surface area contributed by atoms with Gasteiger partial charge in [-0.25, -0.2) is 4.39 Å². The Morgan fingerprint density at radius 2 is 2.00 bits per heavy atom. The van der Waals surface area contributed by atoms with Gasteiger partial charge in [-0.15, -0.1) is 0 Å². The average Bonchev–Trinajstić information content (AvgIpc) is 2.72. The van der Waals surface area contributed by atoms with E-state index in [1.807, 2.05) is 0 Å². The highest BCUT2D eigenvalue weighted by Gasteiger charge is 2.33. The summed E-state index contributed by atoms with van der Waals surface area (Å²) < 4.78 is 52.2. The van der Waals surface area contributed by atoms with Crippen molar-refractivity contribution in [3.05, 3.63) is 53.6 Å². The molecule has 90 valence electrons. The lowest BCUT2D eigenvalue weighted by atomic mass is 10.1. The van der Waals surface area contributed by atoms with Crippen molar-refractivity contribution in [1.82, 2.24) is 9.78 Å². The topological polar surface area (TPSA) is 17.8 Å². The minimum Gasteiger partial charge on any atom is -0.268 e. The number of benzene rings is 1. The van der Waals surface area contributed by atoms with E-state index in [0.717, 1.165) is 12.1 Å². The first-order chi connectivity index (χ1) is 7.97. The van der Waals surface area contributed by atoms with Crippen LogP contribution in [0.2, 0.25) is 0 Å². The SMILES string of the molecule is Fc1ccc(Cn2cccn2)c(C(F)(F)F)c1. The fourth-order valence-electron chi connectivity index (χ4n) is 1.52. The molecule has 0 saturated carbocycles. The zero-order chi connectivity index (χ0) is 12.5.